The molecule has 1 atom stereocenters. The van der Waals surface area contributed by atoms with E-state index in [-0.39, 0.29) is 12.7 Å². The largest absolute Gasteiger partial charge is 0.495 e. The first-order valence-corrected chi connectivity index (χ1v) is 6.48. The fourth-order valence-corrected chi connectivity index (χ4v) is 2.26. The first-order chi connectivity index (χ1) is 8.77. The van der Waals surface area contributed by atoms with Crippen LogP contribution in [0.4, 0.5) is 0 Å². The Morgan fingerprint density at radius 3 is 3.00 bits per heavy atom. The molecule has 1 heterocycles. The summed E-state index contributed by atoms with van der Waals surface area (Å²) in [5.74, 6) is 0.659. The molecule has 2 N–H and O–H groups in total. The van der Waals surface area contributed by atoms with Crippen molar-refractivity contribution in [2.24, 2.45) is 0 Å². The van der Waals surface area contributed by atoms with Crippen LogP contribution in [0.2, 0.25) is 0 Å². The van der Waals surface area contributed by atoms with Crippen LogP contribution in [0.15, 0.2) is 18.2 Å². The summed E-state index contributed by atoms with van der Waals surface area (Å²) in [5.41, 5.74) is 1.76. The highest BCUT2D eigenvalue weighted by Gasteiger charge is 2.37. The molecule has 0 spiro atoms. The highest BCUT2D eigenvalue weighted by molar-refractivity contribution is 6.62. The molecule has 1 aliphatic heterocycles. The molecule has 0 radical (unpaired) electrons. The molecule has 0 fully saturated rings. The first-order valence-electron chi connectivity index (χ1n) is 6.48. The maximum atomic E-state index is 9.96. The van der Waals surface area contributed by atoms with Crippen LogP contribution in [0.5, 0.6) is 5.75 Å². The fraction of sp³-hybridized carbons (Fsp3) is 0.538. The van der Waals surface area contributed by atoms with Gasteiger partial charge in [0, 0.05) is 18.5 Å². The molecule has 1 unspecified atom stereocenters. The Labute approximate surface area is 108 Å². The molecule has 1 aliphatic rings. The van der Waals surface area contributed by atoms with E-state index in [1.807, 2.05) is 18.2 Å². The van der Waals surface area contributed by atoms with Crippen molar-refractivity contribution >= 4 is 12.6 Å². The standard InChI is InChI=1S/C13H19BO4/c1-2-5-11-10-6-3-7-12(17-9-4-8-15)13(10)14(16)18-11/h3,6-7,11,15-16H,2,4-5,8-9H2,1H3. The van der Waals surface area contributed by atoms with E-state index >= 15 is 0 Å². The van der Waals surface area contributed by atoms with Gasteiger partial charge in [-0.25, -0.2) is 0 Å². The molecular weight excluding hydrogens is 231 g/mol. The molecule has 18 heavy (non-hydrogen) atoms. The zero-order valence-electron chi connectivity index (χ0n) is 10.6. The summed E-state index contributed by atoms with van der Waals surface area (Å²) in [6.45, 7) is 2.64. The molecule has 1 aromatic rings. The molecule has 0 aliphatic carbocycles. The quantitative estimate of drug-likeness (QED) is 0.584. The molecule has 2 rings (SSSR count). The summed E-state index contributed by atoms with van der Waals surface area (Å²) in [6.07, 6.45) is 2.44. The topological polar surface area (TPSA) is 58.9 Å². The molecule has 0 aromatic heterocycles. The van der Waals surface area contributed by atoms with Crippen molar-refractivity contribution in [3.05, 3.63) is 23.8 Å². The van der Waals surface area contributed by atoms with Gasteiger partial charge in [-0.3, -0.25) is 0 Å². The van der Waals surface area contributed by atoms with Gasteiger partial charge < -0.3 is 19.5 Å². The first kappa shape index (κ1) is 13.4. The van der Waals surface area contributed by atoms with Crippen molar-refractivity contribution in [3.8, 4) is 5.75 Å². The van der Waals surface area contributed by atoms with Crippen molar-refractivity contribution in [2.45, 2.75) is 32.3 Å². The van der Waals surface area contributed by atoms with Crippen molar-refractivity contribution in [1.29, 1.82) is 0 Å². The average Bonchev–Trinajstić information content (AvgIpc) is 2.68. The molecule has 98 valence electrons. The number of aliphatic hydroxyl groups is 1. The minimum absolute atomic E-state index is 0.0404. The third kappa shape index (κ3) is 2.69. The number of ether oxygens (including phenoxy) is 1. The summed E-state index contributed by atoms with van der Waals surface area (Å²) >= 11 is 0. The van der Waals surface area contributed by atoms with E-state index in [1.165, 1.54) is 0 Å². The van der Waals surface area contributed by atoms with Gasteiger partial charge in [-0.15, -0.1) is 0 Å². The highest BCUT2D eigenvalue weighted by Crippen LogP contribution is 2.30. The molecular formula is C13H19BO4. The van der Waals surface area contributed by atoms with Crippen LogP contribution in [0.3, 0.4) is 0 Å². The van der Waals surface area contributed by atoms with Gasteiger partial charge >= 0.3 is 7.12 Å². The maximum absolute atomic E-state index is 9.96. The zero-order chi connectivity index (χ0) is 13.0. The van der Waals surface area contributed by atoms with Gasteiger partial charge in [0.1, 0.15) is 5.75 Å². The molecule has 4 nitrogen and oxygen atoms in total. The van der Waals surface area contributed by atoms with Gasteiger partial charge in [-0.1, -0.05) is 25.5 Å². The molecule has 1 aromatic carbocycles. The zero-order valence-corrected chi connectivity index (χ0v) is 10.6. The SMILES string of the molecule is CCCC1OB(O)c2c(OCCCO)cccc21. The second-order valence-electron chi connectivity index (χ2n) is 4.45. The number of aliphatic hydroxyl groups excluding tert-OH is 1. The Kier molecular flexibility index (Phi) is 4.63. The average molecular weight is 250 g/mol. The predicted molar refractivity (Wildman–Crippen MR) is 70.0 cm³/mol. The van der Waals surface area contributed by atoms with Crippen molar-refractivity contribution in [3.63, 3.8) is 0 Å². The smallest absolute Gasteiger partial charge is 0.494 e. The fourth-order valence-electron chi connectivity index (χ4n) is 2.26. The minimum atomic E-state index is -0.901. The van der Waals surface area contributed by atoms with Crippen LogP contribution in [-0.2, 0) is 4.65 Å². The Hall–Kier alpha value is -1.04. The number of hydrogen-bond acceptors (Lipinski definition) is 4. The van der Waals surface area contributed by atoms with Crippen LogP contribution in [0.25, 0.3) is 0 Å². The third-order valence-corrected chi connectivity index (χ3v) is 3.10. The molecule has 0 saturated carbocycles. The molecule has 0 bridgehead atoms. The summed E-state index contributed by atoms with van der Waals surface area (Å²) in [7, 11) is -0.901. The lowest BCUT2D eigenvalue weighted by atomic mass is 9.78. The van der Waals surface area contributed by atoms with E-state index in [0.29, 0.717) is 18.8 Å². The number of hydrogen-bond donors (Lipinski definition) is 2. The summed E-state index contributed by atoms with van der Waals surface area (Å²) < 4.78 is 11.1. The maximum Gasteiger partial charge on any atom is 0.495 e. The summed E-state index contributed by atoms with van der Waals surface area (Å²) in [4.78, 5) is 0. The normalized spacial score (nSPS) is 17.9. The van der Waals surface area contributed by atoms with Crippen LogP contribution in [0.1, 0.15) is 37.9 Å². The minimum Gasteiger partial charge on any atom is -0.494 e. The van der Waals surface area contributed by atoms with Crippen LogP contribution < -0.4 is 10.2 Å². The summed E-state index contributed by atoms with van der Waals surface area (Å²) in [6, 6.07) is 5.72. The Balaban J connectivity index is 2.18. The van der Waals surface area contributed by atoms with E-state index in [2.05, 4.69) is 6.92 Å². The van der Waals surface area contributed by atoms with Gasteiger partial charge in [0.25, 0.3) is 0 Å². The molecule has 0 saturated heterocycles. The number of fused-ring (bicyclic) bond motifs is 1. The van der Waals surface area contributed by atoms with E-state index in [4.69, 9.17) is 14.5 Å². The number of rotatable bonds is 6. The Bertz CT molecular complexity index is 397. The van der Waals surface area contributed by atoms with Gasteiger partial charge in [-0.2, -0.15) is 0 Å². The molecule has 0 amide bonds. The van der Waals surface area contributed by atoms with E-state index in [9.17, 15) is 5.02 Å². The monoisotopic (exact) mass is 250 g/mol. The van der Waals surface area contributed by atoms with Crippen molar-refractivity contribution in [1.82, 2.24) is 0 Å². The van der Waals surface area contributed by atoms with Gasteiger partial charge in [0.05, 0.1) is 12.7 Å². The van der Waals surface area contributed by atoms with E-state index in [1.54, 1.807) is 0 Å². The predicted octanol–water partition coefficient (Wildman–Crippen LogP) is 1.01. The number of benzene rings is 1. The third-order valence-electron chi connectivity index (χ3n) is 3.10. The second kappa shape index (κ2) is 6.23. The Morgan fingerprint density at radius 1 is 1.44 bits per heavy atom. The van der Waals surface area contributed by atoms with Gasteiger partial charge in [0.15, 0.2) is 0 Å². The highest BCUT2D eigenvalue weighted by atomic mass is 16.5. The van der Waals surface area contributed by atoms with Gasteiger partial charge in [-0.05, 0) is 18.1 Å². The lowest BCUT2D eigenvalue weighted by Gasteiger charge is -2.11. The lowest BCUT2D eigenvalue weighted by molar-refractivity contribution is 0.180. The van der Waals surface area contributed by atoms with Crippen LogP contribution in [-0.4, -0.2) is 30.5 Å². The van der Waals surface area contributed by atoms with Gasteiger partial charge in [0.2, 0.25) is 0 Å². The summed E-state index contributed by atoms with van der Waals surface area (Å²) in [5, 5.41) is 18.7. The lowest BCUT2D eigenvalue weighted by Crippen LogP contribution is -2.30. The van der Waals surface area contributed by atoms with E-state index in [0.717, 1.165) is 23.9 Å². The Morgan fingerprint density at radius 2 is 2.28 bits per heavy atom. The van der Waals surface area contributed by atoms with Crippen molar-refractivity contribution in [2.75, 3.05) is 13.2 Å². The van der Waals surface area contributed by atoms with Crippen molar-refractivity contribution < 1.29 is 19.5 Å². The van der Waals surface area contributed by atoms with Crippen LogP contribution >= 0.6 is 0 Å². The second-order valence-corrected chi connectivity index (χ2v) is 4.45. The van der Waals surface area contributed by atoms with Crippen LogP contribution in [0, 0.1) is 0 Å². The molecule has 5 heteroatoms. The van der Waals surface area contributed by atoms with E-state index < -0.39 is 7.12 Å².